The molecule has 2 saturated heterocycles. The van der Waals surface area contributed by atoms with Crippen LogP contribution >= 0.6 is 11.6 Å². The molecule has 0 saturated carbocycles. The quantitative estimate of drug-likeness (QED) is 0.550. The van der Waals surface area contributed by atoms with Crippen molar-refractivity contribution in [1.82, 2.24) is 15.0 Å². The molecule has 0 radical (unpaired) electrons. The van der Waals surface area contributed by atoms with Gasteiger partial charge in [0.1, 0.15) is 17.5 Å². The Morgan fingerprint density at radius 1 is 1.00 bits per heavy atom. The molecule has 2 atom stereocenters. The van der Waals surface area contributed by atoms with Crippen molar-refractivity contribution in [2.24, 2.45) is 0 Å². The molecule has 4 heterocycles. The fourth-order valence-corrected chi connectivity index (χ4v) is 4.83. The molecule has 2 aromatic heterocycles. The van der Waals surface area contributed by atoms with Crippen molar-refractivity contribution in [3.05, 3.63) is 59.5 Å². The predicted octanol–water partition coefficient (Wildman–Crippen LogP) is 4.27. The van der Waals surface area contributed by atoms with Crippen LogP contribution in [0.4, 0.5) is 22.0 Å². The molecule has 0 N–H and O–H groups in total. The minimum absolute atomic E-state index is 0.172. The molecule has 0 bridgehead atoms. The molecule has 9 heteroatoms. The maximum Gasteiger partial charge on any atom is 0.228 e. The number of rotatable bonds is 4. The minimum Gasteiger partial charge on any atom is -0.377 e. The summed E-state index contributed by atoms with van der Waals surface area (Å²) in [6.07, 6.45) is 1.77. The van der Waals surface area contributed by atoms with Crippen LogP contribution in [0, 0.1) is 5.82 Å². The molecule has 2 aliphatic rings. The highest BCUT2D eigenvalue weighted by atomic mass is 35.5. The fraction of sp³-hybridized carbons (Fsp3) is 0.400. The largest absolute Gasteiger partial charge is 0.377 e. The summed E-state index contributed by atoms with van der Waals surface area (Å²) < 4.78 is 19.2. The van der Waals surface area contributed by atoms with E-state index in [-0.39, 0.29) is 17.9 Å². The van der Waals surface area contributed by atoms with Gasteiger partial charge in [0.2, 0.25) is 5.95 Å². The van der Waals surface area contributed by atoms with Crippen molar-refractivity contribution in [3.63, 3.8) is 0 Å². The molecule has 0 amide bonds. The first-order chi connectivity index (χ1) is 16.5. The first kappa shape index (κ1) is 22.8. The van der Waals surface area contributed by atoms with Gasteiger partial charge in [-0.2, -0.15) is 4.98 Å². The van der Waals surface area contributed by atoms with Gasteiger partial charge >= 0.3 is 0 Å². The van der Waals surface area contributed by atoms with Gasteiger partial charge in [-0.05, 0) is 50.2 Å². The molecule has 7 nitrogen and oxygen atoms in total. The summed E-state index contributed by atoms with van der Waals surface area (Å²) in [5, 5.41) is 0.660. The number of hydrogen-bond donors (Lipinski definition) is 0. The lowest BCUT2D eigenvalue weighted by molar-refractivity contribution is 0.0981. The van der Waals surface area contributed by atoms with Gasteiger partial charge in [0, 0.05) is 50.0 Å². The molecule has 0 spiro atoms. The van der Waals surface area contributed by atoms with Crippen molar-refractivity contribution in [2.75, 3.05) is 54.1 Å². The average Bonchev–Trinajstić information content (AvgIpc) is 2.85. The topological polar surface area (TPSA) is 57.6 Å². The maximum atomic E-state index is 13.6. The van der Waals surface area contributed by atoms with Gasteiger partial charge in [0.05, 0.1) is 30.0 Å². The van der Waals surface area contributed by atoms with Crippen molar-refractivity contribution >= 4 is 29.2 Å². The SMILES string of the molecule is C[C@@H]1CN(c2ncccc2Cl)CCN1c1cc(-c2ccc(F)cc2)nc(N2CCOC[C@H]2C)n1. The van der Waals surface area contributed by atoms with Crippen LogP contribution in [-0.2, 0) is 4.74 Å². The van der Waals surface area contributed by atoms with Crippen molar-refractivity contribution < 1.29 is 9.13 Å². The van der Waals surface area contributed by atoms with E-state index < -0.39 is 0 Å². The molecule has 0 aliphatic carbocycles. The van der Waals surface area contributed by atoms with E-state index >= 15 is 0 Å². The number of ether oxygens (including phenoxy) is 1. The monoisotopic (exact) mass is 482 g/mol. The Labute approximate surface area is 204 Å². The smallest absolute Gasteiger partial charge is 0.228 e. The number of pyridine rings is 1. The van der Waals surface area contributed by atoms with E-state index in [4.69, 9.17) is 26.3 Å². The van der Waals surface area contributed by atoms with Crippen LogP contribution in [0.1, 0.15) is 13.8 Å². The van der Waals surface area contributed by atoms with Crippen LogP contribution in [-0.4, -0.2) is 66.4 Å². The summed E-state index contributed by atoms with van der Waals surface area (Å²) in [7, 11) is 0. The van der Waals surface area contributed by atoms with E-state index in [0.717, 1.165) is 49.1 Å². The summed E-state index contributed by atoms with van der Waals surface area (Å²) in [5.41, 5.74) is 1.64. The zero-order chi connectivity index (χ0) is 23.7. The molecular formula is C25H28ClFN6O. The second kappa shape index (κ2) is 9.72. The second-order valence-electron chi connectivity index (χ2n) is 8.83. The molecule has 2 aliphatic heterocycles. The van der Waals surface area contributed by atoms with Crippen LogP contribution in [0.2, 0.25) is 5.02 Å². The molecule has 1 aromatic carbocycles. The van der Waals surface area contributed by atoms with Gasteiger partial charge in [-0.1, -0.05) is 11.6 Å². The van der Waals surface area contributed by atoms with Gasteiger partial charge < -0.3 is 19.4 Å². The van der Waals surface area contributed by atoms with Crippen LogP contribution < -0.4 is 14.7 Å². The van der Waals surface area contributed by atoms with Crippen LogP contribution in [0.5, 0.6) is 0 Å². The van der Waals surface area contributed by atoms with Gasteiger partial charge in [-0.25, -0.2) is 14.4 Å². The lowest BCUT2D eigenvalue weighted by atomic mass is 10.1. The molecule has 0 unspecified atom stereocenters. The van der Waals surface area contributed by atoms with Crippen LogP contribution in [0.3, 0.4) is 0 Å². The van der Waals surface area contributed by atoms with Crippen molar-refractivity contribution in [2.45, 2.75) is 25.9 Å². The standard InChI is InChI=1S/C25H28ClFN6O/c1-17-15-31(24-21(26)4-3-9-28-24)10-11-32(17)23-14-22(19-5-7-20(27)8-6-19)29-25(30-23)33-12-13-34-16-18(33)2/h3-9,14,17-18H,10-13,15-16H2,1-2H3/t17-,18-/m1/s1. The highest BCUT2D eigenvalue weighted by Crippen LogP contribution is 2.30. The Morgan fingerprint density at radius 3 is 2.56 bits per heavy atom. The molecule has 2 fully saturated rings. The Morgan fingerprint density at radius 2 is 1.82 bits per heavy atom. The number of benzene rings is 1. The van der Waals surface area contributed by atoms with E-state index in [1.807, 2.05) is 18.2 Å². The van der Waals surface area contributed by atoms with E-state index in [1.54, 1.807) is 18.3 Å². The minimum atomic E-state index is -0.266. The van der Waals surface area contributed by atoms with E-state index in [9.17, 15) is 4.39 Å². The third-order valence-electron chi connectivity index (χ3n) is 6.43. The normalized spacial score (nSPS) is 21.1. The number of piperazine rings is 1. The van der Waals surface area contributed by atoms with E-state index in [1.165, 1.54) is 12.1 Å². The van der Waals surface area contributed by atoms with Gasteiger partial charge in [-0.3, -0.25) is 0 Å². The summed E-state index contributed by atoms with van der Waals surface area (Å²) in [5.74, 6) is 2.09. The zero-order valence-electron chi connectivity index (χ0n) is 19.4. The van der Waals surface area contributed by atoms with E-state index in [0.29, 0.717) is 24.2 Å². The van der Waals surface area contributed by atoms with Crippen LogP contribution in [0.25, 0.3) is 11.3 Å². The second-order valence-corrected chi connectivity index (χ2v) is 9.24. The summed E-state index contributed by atoms with van der Waals surface area (Å²) in [4.78, 5) is 21.1. The number of halogens is 2. The number of hydrogen-bond acceptors (Lipinski definition) is 7. The third-order valence-corrected chi connectivity index (χ3v) is 6.72. The Bertz CT molecular complexity index is 1150. The van der Waals surface area contributed by atoms with Gasteiger partial charge in [0.15, 0.2) is 0 Å². The highest BCUT2D eigenvalue weighted by molar-refractivity contribution is 6.32. The lowest BCUT2D eigenvalue weighted by Gasteiger charge is -2.42. The number of nitrogens with zero attached hydrogens (tertiary/aromatic N) is 6. The average molecular weight is 483 g/mol. The first-order valence-corrected chi connectivity index (χ1v) is 12.0. The summed E-state index contributed by atoms with van der Waals surface area (Å²) in [6, 6.07) is 12.5. The molecule has 178 valence electrons. The highest BCUT2D eigenvalue weighted by Gasteiger charge is 2.29. The summed E-state index contributed by atoms with van der Waals surface area (Å²) >= 11 is 6.40. The van der Waals surface area contributed by atoms with Gasteiger partial charge in [0.25, 0.3) is 0 Å². The first-order valence-electron chi connectivity index (χ1n) is 11.6. The number of anilines is 3. The molecular weight excluding hydrogens is 455 g/mol. The lowest BCUT2D eigenvalue weighted by Crippen LogP contribution is -2.53. The fourth-order valence-electron chi connectivity index (χ4n) is 4.59. The van der Waals surface area contributed by atoms with Crippen molar-refractivity contribution in [1.29, 1.82) is 0 Å². The number of morpholine rings is 1. The zero-order valence-corrected chi connectivity index (χ0v) is 20.1. The summed E-state index contributed by atoms with van der Waals surface area (Å²) in [6.45, 7) is 8.63. The van der Waals surface area contributed by atoms with Crippen molar-refractivity contribution in [3.8, 4) is 11.3 Å². The Hall–Kier alpha value is -2.97. The van der Waals surface area contributed by atoms with E-state index in [2.05, 4.69) is 33.5 Å². The third kappa shape index (κ3) is 4.65. The molecule has 5 rings (SSSR count). The van der Waals surface area contributed by atoms with Gasteiger partial charge in [-0.15, -0.1) is 0 Å². The Balaban J connectivity index is 1.47. The molecule has 34 heavy (non-hydrogen) atoms. The predicted molar refractivity (Wildman–Crippen MR) is 133 cm³/mol. The van der Waals surface area contributed by atoms with Crippen LogP contribution in [0.15, 0.2) is 48.7 Å². The molecule has 3 aromatic rings. The Kier molecular flexibility index (Phi) is 6.52. The number of aromatic nitrogens is 3. The maximum absolute atomic E-state index is 13.6.